The molecule has 27 heavy (non-hydrogen) atoms. The molecule has 0 radical (unpaired) electrons. The lowest BCUT2D eigenvalue weighted by Crippen LogP contribution is -2.09. The lowest BCUT2D eigenvalue weighted by atomic mass is 10.1. The van der Waals surface area contributed by atoms with E-state index in [1.165, 1.54) is 5.56 Å². The number of pyridine rings is 1. The predicted molar refractivity (Wildman–Crippen MR) is 99.4 cm³/mol. The van der Waals surface area contributed by atoms with Gasteiger partial charge in [-0.1, -0.05) is 0 Å². The lowest BCUT2D eigenvalue weighted by molar-refractivity contribution is 0.290. The third kappa shape index (κ3) is 2.20. The molecule has 136 valence electrons. The highest BCUT2D eigenvalue weighted by atomic mass is 16.5. The van der Waals surface area contributed by atoms with Gasteiger partial charge in [-0.15, -0.1) is 0 Å². The number of ether oxygens (including phenoxy) is 1. The largest absolute Gasteiger partial charge is 0.489 e. The van der Waals surface area contributed by atoms with E-state index in [0.717, 1.165) is 65.8 Å². The molecule has 6 rings (SSSR count). The van der Waals surface area contributed by atoms with Crippen LogP contribution in [0.25, 0.3) is 11.3 Å². The normalized spacial score (nSPS) is 21.4. The molecule has 4 aromatic heterocycles. The molecule has 4 aromatic rings. The fourth-order valence-corrected chi connectivity index (χ4v) is 4.13. The lowest BCUT2D eigenvalue weighted by Gasteiger charge is -2.17. The van der Waals surface area contributed by atoms with Crippen LogP contribution in [0.3, 0.4) is 0 Å². The summed E-state index contributed by atoms with van der Waals surface area (Å²) in [4.78, 5) is 14.1. The van der Waals surface area contributed by atoms with Gasteiger partial charge in [-0.25, -0.2) is 14.5 Å². The number of hydrogen-bond donors (Lipinski definition) is 0. The van der Waals surface area contributed by atoms with Crippen molar-refractivity contribution in [1.29, 1.82) is 0 Å². The fourth-order valence-electron chi connectivity index (χ4n) is 4.13. The summed E-state index contributed by atoms with van der Waals surface area (Å²) in [7, 11) is 0. The minimum Gasteiger partial charge on any atom is -0.489 e. The summed E-state index contributed by atoms with van der Waals surface area (Å²) in [5, 5.41) is 4.74. The van der Waals surface area contributed by atoms with E-state index in [2.05, 4.69) is 27.8 Å². The zero-order valence-corrected chi connectivity index (χ0v) is 15.4. The Labute approximate surface area is 156 Å². The third-order valence-electron chi connectivity index (χ3n) is 5.75. The molecule has 0 aromatic carbocycles. The number of imidazole rings is 1. The van der Waals surface area contributed by atoms with Crippen molar-refractivity contribution in [3.8, 4) is 5.75 Å². The highest BCUT2D eigenvalue weighted by Gasteiger charge is 2.44. The maximum absolute atomic E-state index is 5.91. The Morgan fingerprint density at radius 2 is 2.07 bits per heavy atom. The van der Waals surface area contributed by atoms with Crippen molar-refractivity contribution in [3.63, 3.8) is 0 Å². The molecule has 1 fully saturated rings. The average molecular weight is 360 g/mol. The van der Waals surface area contributed by atoms with Gasteiger partial charge in [0.2, 0.25) is 0 Å². The zero-order chi connectivity index (χ0) is 18.1. The molecule has 7 heteroatoms. The minimum atomic E-state index is 0.324. The van der Waals surface area contributed by atoms with Gasteiger partial charge >= 0.3 is 0 Å². The Morgan fingerprint density at radius 1 is 1.15 bits per heavy atom. The average Bonchev–Trinajstić information content (AvgIpc) is 3.15. The van der Waals surface area contributed by atoms with Crippen molar-refractivity contribution in [2.45, 2.75) is 44.9 Å². The van der Waals surface area contributed by atoms with Crippen LogP contribution in [0.15, 0.2) is 24.7 Å². The van der Waals surface area contributed by atoms with E-state index in [0.29, 0.717) is 11.8 Å². The molecule has 1 aliphatic carbocycles. The van der Waals surface area contributed by atoms with Crippen LogP contribution >= 0.6 is 0 Å². The molecule has 7 nitrogen and oxygen atoms in total. The van der Waals surface area contributed by atoms with Crippen LogP contribution in [0.5, 0.6) is 5.75 Å². The monoisotopic (exact) mass is 360 g/mol. The summed E-state index contributed by atoms with van der Waals surface area (Å²) in [6.07, 6.45) is 9.25. The topological polar surface area (TPSA) is 69.6 Å². The summed E-state index contributed by atoms with van der Waals surface area (Å²) >= 11 is 0. The number of aryl methyl sites for hydroxylation is 3. The minimum absolute atomic E-state index is 0.324. The van der Waals surface area contributed by atoms with Crippen molar-refractivity contribution in [2.24, 2.45) is 0 Å². The van der Waals surface area contributed by atoms with E-state index in [4.69, 9.17) is 19.8 Å². The Hall–Kier alpha value is -2.96. The van der Waals surface area contributed by atoms with Gasteiger partial charge < -0.3 is 9.14 Å². The molecule has 1 saturated carbocycles. The molecular formula is C20H20N6O. The summed E-state index contributed by atoms with van der Waals surface area (Å²) in [6, 6.07) is 2.15. The van der Waals surface area contributed by atoms with Gasteiger partial charge in [-0.3, -0.25) is 4.98 Å². The van der Waals surface area contributed by atoms with Crippen LogP contribution in [0, 0.1) is 13.8 Å². The maximum atomic E-state index is 5.91. The molecule has 1 aliphatic heterocycles. The van der Waals surface area contributed by atoms with Crippen molar-refractivity contribution < 1.29 is 4.74 Å². The molecule has 2 unspecified atom stereocenters. The first-order valence-corrected chi connectivity index (χ1v) is 9.51. The van der Waals surface area contributed by atoms with E-state index in [1.54, 1.807) is 0 Å². The predicted octanol–water partition coefficient (Wildman–Crippen LogP) is 2.98. The standard InChI is InChI=1S/C20H20N6O/c1-11-9-21-12(2)19-23-18(24-26(11)19)15-8-14(15)16-10-25-6-5-13-4-3-7-27-17(13)20(25)22-16/h5-6,9-10,14-15H,3-4,7-8H2,1-2H3. The number of fused-ring (bicyclic) bond motifs is 4. The highest BCUT2D eigenvalue weighted by Crippen LogP contribution is 2.53. The van der Waals surface area contributed by atoms with Gasteiger partial charge in [-0.2, -0.15) is 5.10 Å². The Balaban J connectivity index is 1.37. The van der Waals surface area contributed by atoms with Crippen molar-refractivity contribution in [1.82, 2.24) is 29.0 Å². The molecule has 0 spiro atoms. The Morgan fingerprint density at radius 3 is 2.96 bits per heavy atom. The molecule has 0 bridgehead atoms. The summed E-state index contributed by atoms with van der Waals surface area (Å²) in [5.41, 5.74) is 6.07. The van der Waals surface area contributed by atoms with Crippen LogP contribution in [-0.4, -0.2) is 35.6 Å². The van der Waals surface area contributed by atoms with Crippen molar-refractivity contribution >= 4 is 11.3 Å². The molecule has 0 amide bonds. The molecular weight excluding hydrogens is 340 g/mol. The number of aromatic nitrogens is 6. The van der Waals surface area contributed by atoms with Crippen LogP contribution in [0.1, 0.15) is 53.1 Å². The van der Waals surface area contributed by atoms with E-state index in [-0.39, 0.29) is 0 Å². The first-order chi connectivity index (χ1) is 13.2. The maximum Gasteiger partial charge on any atom is 0.180 e. The number of nitrogens with zero attached hydrogens (tertiary/aromatic N) is 6. The Kier molecular flexibility index (Phi) is 2.96. The third-order valence-corrected chi connectivity index (χ3v) is 5.75. The molecule has 2 aliphatic rings. The van der Waals surface area contributed by atoms with Crippen LogP contribution in [0.2, 0.25) is 0 Å². The van der Waals surface area contributed by atoms with Crippen molar-refractivity contribution in [3.05, 3.63) is 53.1 Å². The van der Waals surface area contributed by atoms with Crippen LogP contribution in [0.4, 0.5) is 0 Å². The van der Waals surface area contributed by atoms with Crippen LogP contribution < -0.4 is 4.74 Å². The zero-order valence-electron chi connectivity index (χ0n) is 15.4. The second kappa shape index (κ2) is 5.28. The fraction of sp³-hybridized carbons (Fsp3) is 0.400. The highest BCUT2D eigenvalue weighted by molar-refractivity contribution is 5.60. The van der Waals surface area contributed by atoms with Gasteiger partial charge in [0.1, 0.15) is 0 Å². The van der Waals surface area contributed by atoms with Gasteiger partial charge in [-0.05, 0) is 44.7 Å². The SMILES string of the molecule is Cc1ncc(C)n2nc(C3CC3c3cn4ccc5c(c4n3)OCCC5)nc12. The van der Waals surface area contributed by atoms with Gasteiger partial charge in [0, 0.05) is 30.4 Å². The second-order valence-corrected chi connectivity index (χ2v) is 7.66. The van der Waals surface area contributed by atoms with Gasteiger partial charge in [0.05, 0.1) is 23.7 Å². The van der Waals surface area contributed by atoms with Crippen LogP contribution in [-0.2, 0) is 6.42 Å². The smallest absolute Gasteiger partial charge is 0.180 e. The first kappa shape index (κ1) is 15.1. The summed E-state index contributed by atoms with van der Waals surface area (Å²) < 4.78 is 9.90. The van der Waals surface area contributed by atoms with Gasteiger partial charge in [0.25, 0.3) is 0 Å². The Bertz CT molecular complexity index is 1170. The number of rotatable bonds is 2. The molecule has 5 heterocycles. The first-order valence-electron chi connectivity index (χ1n) is 9.51. The molecule has 0 saturated heterocycles. The summed E-state index contributed by atoms with van der Waals surface area (Å²) in [5.74, 6) is 2.55. The second-order valence-electron chi connectivity index (χ2n) is 7.66. The summed E-state index contributed by atoms with van der Waals surface area (Å²) in [6.45, 7) is 4.76. The van der Waals surface area contributed by atoms with E-state index in [1.807, 2.05) is 24.6 Å². The molecule has 2 atom stereocenters. The number of hydrogen-bond acceptors (Lipinski definition) is 5. The molecule has 0 N–H and O–H groups in total. The quantitative estimate of drug-likeness (QED) is 0.550. The van der Waals surface area contributed by atoms with E-state index in [9.17, 15) is 0 Å². The van der Waals surface area contributed by atoms with Crippen molar-refractivity contribution in [2.75, 3.05) is 6.61 Å². The van der Waals surface area contributed by atoms with E-state index < -0.39 is 0 Å². The van der Waals surface area contributed by atoms with E-state index >= 15 is 0 Å². The van der Waals surface area contributed by atoms with Gasteiger partial charge in [0.15, 0.2) is 22.9 Å².